The lowest BCUT2D eigenvalue weighted by molar-refractivity contribution is -0.139. The van der Waals surface area contributed by atoms with Gasteiger partial charge in [0, 0.05) is 37.6 Å². The van der Waals surface area contributed by atoms with E-state index >= 15 is 0 Å². The van der Waals surface area contributed by atoms with Crippen LogP contribution in [0.15, 0.2) is 12.3 Å². The minimum absolute atomic E-state index is 0.187. The predicted octanol–water partition coefficient (Wildman–Crippen LogP) is 0.274. The van der Waals surface area contributed by atoms with E-state index in [4.69, 9.17) is 4.74 Å². The summed E-state index contributed by atoms with van der Waals surface area (Å²) >= 11 is 0. The molecule has 3 heterocycles. The number of nitrogens with zero attached hydrogens (tertiary/aromatic N) is 3. The minimum Gasteiger partial charge on any atom is -0.378 e. The molecule has 3 aliphatic rings. The van der Waals surface area contributed by atoms with Crippen LogP contribution in [0.3, 0.4) is 0 Å². The number of hydrogen-bond donors (Lipinski definition) is 1. The third-order valence-electron chi connectivity index (χ3n) is 4.97. The molecule has 0 bridgehead atoms. The average molecular weight is 290 g/mol. The highest BCUT2D eigenvalue weighted by Gasteiger charge is 2.43. The molecule has 2 saturated heterocycles. The number of amides is 1. The molecule has 1 aromatic rings. The normalized spacial score (nSPS) is 30.2. The van der Waals surface area contributed by atoms with E-state index in [9.17, 15) is 4.79 Å². The van der Waals surface area contributed by atoms with Crippen molar-refractivity contribution in [3.63, 3.8) is 0 Å². The summed E-state index contributed by atoms with van der Waals surface area (Å²) < 4.78 is 5.79. The summed E-state index contributed by atoms with van der Waals surface area (Å²) in [7, 11) is 0. The van der Waals surface area contributed by atoms with E-state index in [1.54, 1.807) is 6.20 Å². The number of ether oxygens (including phenoxy) is 1. The van der Waals surface area contributed by atoms with Crippen molar-refractivity contribution in [3.8, 4) is 0 Å². The smallest absolute Gasteiger partial charge is 0.228 e. The number of carbonyl (C=O) groups is 1. The Morgan fingerprint density at radius 3 is 3.05 bits per heavy atom. The predicted molar refractivity (Wildman–Crippen MR) is 76.7 cm³/mol. The van der Waals surface area contributed by atoms with Crippen LogP contribution in [0.2, 0.25) is 0 Å². The van der Waals surface area contributed by atoms with Gasteiger partial charge in [0.2, 0.25) is 5.91 Å². The molecule has 0 unspecified atom stereocenters. The maximum absolute atomic E-state index is 12.4. The van der Waals surface area contributed by atoms with Gasteiger partial charge in [0.05, 0.1) is 25.7 Å². The fraction of sp³-hybridized carbons (Fsp3) is 0.733. The van der Waals surface area contributed by atoms with E-state index in [2.05, 4.69) is 15.1 Å². The molecule has 0 radical (unpaired) electrons. The maximum Gasteiger partial charge on any atom is 0.228 e. The fourth-order valence-electron chi connectivity index (χ4n) is 3.65. The topological polar surface area (TPSA) is 61.5 Å². The average Bonchev–Trinajstić information content (AvgIpc) is 3.24. The number of nitrogens with one attached hydrogen (secondary N) is 1. The Bertz CT molecular complexity index is 500. The molecule has 1 aliphatic carbocycles. The van der Waals surface area contributed by atoms with Gasteiger partial charge < -0.3 is 9.64 Å². The molecule has 1 amide bonds. The molecule has 1 N–H and O–H groups in total. The fourth-order valence-corrected chi connectivity index (χ4v) is 3.65. The maximum atomic E-state index is 12.4. The van der Waals surface area contributed by atoms with Gasteiger partial charge in [0.1, 0.15) is 0 Å². The van der Waals surface area contributed by atoms with Crippen LogP contribution < -0.4 is 0 Å². The van der Waals surface area contributed by atoms with E-state index in [1.807, 2.05) is 11.0 Å². The Balaban J connectivity index is 1.38. The molecule has 0 spiro atoms. The largest absolute Gasteiger partial charge is 0.378 e. The first-order chi connectivity index (χ1) is 10.3. The van der Waals surface area contributed by atoms with Crippen molar-refractivity contribution >= 4 is 5.91 Å². The number of aromatic nitrogens is 2. The Labute approximate surface area is 124 Å². The zero-order chi connectivity index (χ0) is 14.2. The van der Waals surface area contributed by atoms with Crippen LogP contribution in [-0.2, 0) is 16.0 Å². The van der Waals surface area contributed by atoms with E-state index in [0.717, 1.165) is 44.5 Å². The minimum atomic E-state index is 0.187. The summed E-state index contributed by atoms with van der Waals surface area (Å²) in [6, 6.07) is 2.83. The van der Waals surface area contributed by atoms with Crippen LogP contribution in [0.25, 0.3) is 0 Å². The molecule has 1 saturated carbocycles. The van der Waals surface area contributed by atoms with Gasteiger partial charge in [-0.15, -0.1) is 0 Å². The highest BCUT2D eigenvalue weighted by atomic mass is 16.5. The van der Waals surface area contributed by atoms with Crippen molar-refractivity contribution in [1.29, 1.82) is 0 Å². The number of rotatable bonds is 3. The van der Waals surface area contributed by atoms with Crippen LogP contribution in [0, 0.1) is 5.92 Å². The summed E-state index contributed by atoms with van der Waals surface area (Å²) in [5, 5.41) is 6.76. The van der Waals surface area contributed by atoms with Gasteiger partial charge in [-0.3, -0.25) is 14.8 Å². The van der Waals surface area contributed by atoms with E-state index in [-0.39, 0.29) is 5.91 Å². The number of aromatic amines is 1. The number of carbonyl (C=O) groups excluding carboxylic acids is 1. The van der Waals surface area contributed by atoms with Crippen LogP contribution in [0.4, 0.5) is 0 Å². The molecule has 4 rings (SSSR count). The Morgan fingerprint density at radius 2 is 2.29 bits per heavy atom. The number of morpholine rings is 1. The van der Waals surface area contributed by atoms with Gasteiger partial charge in [-0.25, -0.2) is 0 Å². The molecule has 3 fully saturated rings. The third kappa shape index (κ3) is 2.70. The molecule has 114 valence electrons. The Kier molecular flexibility index (Phi) is 3.43. The molecule has 6 heteroatoms. The second-order valence-corrected chi connectivity index (χ2v) is 6.43. The van der Waals surface area contributed by atoms with E-state index in [0.29, 0.717) is 18.5 Å². The monoisotopic (exact) mass is 290 g/mol. The first-order valence-corrected chi connectivity index (χ1v) is 7.91. The zero-order valence-electron chi connectivity index (χ0n) is 12.2. The molecule has 0 aromatic carbocycles. The molecule has 2 atom stereocenters. The zero-order valence-corrected chi connectivity index (χ0v) is 12.2. The van der Waals surface area contributed by atoms with Crippen molar-refractivity contribution in [1.82, 2.24) is 20.0 Å². The second kappa shape index (κ2) is 5.42. The van der Waals surface area contributed by atoms with Gasteiger partial charge >= 0.3 is 0 Å². The molecule has 21 heavy (non-hydrogen) atoms. The van der Waals surface area contributed by atoms with Crippen molar-refractivity contribution in [3.05, 3.63) is 18.0 Å². The lowest BCUT2D eigenvalue weighted by Crippen LogP contribution is -2.63. The first-order valence-electron chi connectivity index (χ1n) is 7.91. The number of H-pyrrole nitrogens is 1. The van der Waals surface area contributed by atoms with Crippen molar-refractivity contribution in [2.45, 2.75) is 31.3 Å². The number of fused-ring (bicyclic) bond motifs is 1. The lowest BCUT2D eigenvalue weighted by atomic mass is 10.0. The van der Waals surface area contributed by atoms with Crippen molar-refractivity contribution < 1.29 is 9.53 Å². The Hall–Kier alpha value is -1.40. The second-order valence-electron chi connectivity index (χ2n) is 6.43. The van der Waals surface area contributed by atoms with Gasteiger partial charge in [-0.05, 0) is 24.8 Å². The van der Waals surface area contributed by atoms with Gasteiger partial charge in [-0.1, -0.05) is 0 Å². The van der Waals surface area contributed by atoms with Crippen molar-refractivity contribution in [2.24, 2.45) is 5.92 Å². The van der Waals surface area contributed by atoms with Crippen LogP contribution in [0.5, 0.6) is 0 Å². The quantitative estimate of drug-likeness (QED) is 0.868. The highest BCUT2D eigenvalue weighted by Crippen LogP contribution is 2.38. The molecule has 6 nitrogen and oxygen atoms in total. The molecular weight excluding hydrogens is 268 g/mol. The lowest BCUT2D eigenvalue weighted by Gasteiger charge is -2.48. The van der Waals surface area contributed by atoms with Gasteiger partial charge in [-0.2, -0.15) is 5.10 Å². The Morgan fingerprint density at radius 1 is 1.38 bits per heavy atom. The van der Waals surface area contributed by atoms with E-state index < -0.39 is 0 Å². The molecular formula is C15H22N4O2. The summed E-state index contributed by atoms with van der Waals surface area (Å²) in [5.74, 6) is 1.02. The van der Waals surface area contributed by atoms with Crippen LogP contribution in [0.1, 0.15) is 18.5 Å². The summed E-state index contributed by atoms with van der Waals surface area (Å²) in [4.78, 5) is 17.0. The summed E-state index contributed by atoms with van der Waals surface area (Å²) in [6.45, 7) is 4.27. The summed E-state index contributed by atoms with van der Waals surface area (Å²) in [6.07, 6.45) is 4.80. The van der Waals surface area contributed by atoms with Gasteiger partial charge in [0.15, 0.2) is 0 Å². The van der Waals surface area contributed by atoms with E-state index in [1.165, 1.54) is 12.8 Å². The highest BCUT2D eigenvalue weighted by molar-refractivity contribution is 5.78. The molecule has 1 aromatic heterocycles. The number of hydrogen-bond acceptors (Lipinski definition) is 4. The first kappa shape index (κ1) is 13.3. The standard InChI is InChI=1S/C15H22N4O2/c20-15(7-12-3-4-16-17-12)18-5-6-19-13(8-18)9-21-10-14(19)11-1-2-11/h3-4,11,13-14H,1-2,5-10H2,(H,16,17)/t13-,14-/m1/s1. The molecule has 2 aliphatic heterocycles. The van der Waals surface area contributed by atoms with Gasteiger partial charge in [0.25, 0.3) is 0 Å². The van der Waals surface area contributed by atoms with Crippen molar-refractivity contribution in [2.75, 3.05) is 32.8 Å². The summed E-state index contributed by atoms with van der Waals surface area (Å²) in [5.41, 5.74) is 0.887. The third-order valence-corrected chi connectivity index (χ3v) is 4.97. The van der Waals surface area contributed by atoms with Crippen LogP contribution >= 0.6 is 0 Å². The number of piperazine rings is 1. The van der Waals surface area contributed by atoms with Crippen LogP contribution in [-0.4, -0.2) is 70.8 Å². The SMILES string of the molecule is O=C(Cc1ccn[nH]1)N1CCN2[C@@H](COC[C@@H]2C2CC2)C1.